The SMILES string of the molecule is O=S(=O)(C1CC1)N1CC[C@]2(CCCN(Cc3ccccn3)C2)C1. The van der Waals surface area contributed by atoms with Crippen molar-refractivity contribution in [3.8, 4) is 0 Å². The van der Waals surface area contributed by atoms with Gasteiger partial charge in [-0.3, -0.25) is 9.88 Å². The van der Waals surface area contributed by atoms with E-state index >= 15 is 0 Å². The van der Waals surface area contributed by atoms with Crippen LogP contribution in [0.5, 0.6) is 0 Å². The Bertz CT molecular complexity index is 660. The molecule has 1 spiro atoms. The summed E-state index contributed by atoms with van der Waals surface area (Å²) < 4.78 is 26.8. The number of hydrogen-bond acceptors (Lipinski definition) is 4. The Kier molecular flexibility index (Phi) is 3.94. The van der Waals surface area contributed by atoms with Crippen molar-refractivity contribution in [3.05, 3.63) is 30.1 Å². The van der Waals surface area contributed by atoms with Crippen LogP contribution in [0, 0.1) is 5.41 Å². The van der Waals surface area contributed by atoms with E-state index in [4.69, 9.17) is 0 Å². The molecular weight excluding hydrogens is 310 g/mol. The van der Waals surface area contributed by atoms with Gasteiger partial charge in [-0.15, -0.1) is 0 Å². The Morgan fingerprint density at radius 2 is 2.04 bits per heavy atom. The molecule has 3 fully saturated rings. The fourth-order valence-corrected chi connectivity index (χ4v) is 6.14. The van der Waals surface area contributed by atoms with E-state index in [2.05, 4.69) is 16.0 Å². The fourth-order valence-electron chi connectivity index (χ4n) is 4.19. The predicted octanol–water partition coefficient (Wildman–Crippen LogP) is 1.86. The minimum absolute atomic E-state index is 0.0779. The van der Waals surface area contributed by atoms with Crippen molar-refractivity contribution in [1.82, 2.24) is 14.2 Å². The van der Waals surface area contributed by atoms with Crippen LogP contribution in [0.4, 0.5) is 0 Å². The third-order valence-electron chi connectivity index (χ3n) is 5.56. The molecule has 1 saturated carbocycles. The molecule has 1 atom stereocenters. The molecule has 3 aliphatic rings. The van der Waals surface area contributed by atoms with Crippen molar-refractivity contribution in [1.29, 1.82) is 0 Å². The topological polar surface area (TPSA) is 53.5 Å². The number of sulfonamides is 1. The summed E-state index contributed by atoms with van der Waals surface area (Å²) in [7, 11) is -3.01. The third kappa shape index (κ3) is 3.16. The standard InChI is InChI=1S/C17H25N3O2S/c21-23(22,16-5-6-16)20-11-8-17(14-20)7-3-10-19(13-17)12-15-4-1-2-9-18-15/h1-2,4,9,16H,3,5-8,10-14H2/t17-/m0/s1. The first-order chi connectivity index (χ1) is 11.1. The summed E-state index contributed by atoms with van der Waals surface area (Å²) in [6.45, 7) is 4.41. The molecular formula is C17H25N3O2S. The number of aromatic nitrogens is 1. The van der Waals surface area contributed by atoms with Gasteiger partial charge in [-0.1, -0.05) is 6.07 Å². The Morgan fingerprint density at radius 1 is 1.17 bits per heavy atom. The van der Waals surface area contributed by atoms with Gasteiger partial charge in [-0.2, -0.15) is 0 Å². The van der Waals surface area contributed by atoms with Gasteiger partial charge in [-0.25, -0.2) is 12.7 Å². The maximum absolute atomic E-state index is 12.5. The highest BCUT2D eigenvalue weighted by atomic mass is 32.2. The van der Waals surface area contributed by atoms with Gasteiger partial charge in [0, 0.05) is 32.4 Å². The van der Waals surface area contributed by atoms with Crippen LogP contribution in [0.1, 0.15) is 37.8 Å². The minimum atomic E-state index is -3.01. The molecule has 3 heterocycles. The van der Waals surface area contributed by atoms with Gasteiger partial charge in [0.05, 0.1) is 10.9 Å². The molecule has 1 aromatic rings. The van der Waals surface area contributed by atoms with Gasteiger partial charge in [0.1, 0.15) is 0 Å². The second-order valence-corrected chi connectivity index (χ2v) is 9.68. The zero-order valence-corrected chi connectivity index (χ0v) is 14.3. The Morgan fingerprint density at radius 3 is 2.78 bits per heavy atom. The highest BCUT2D eigenvalue weighted by Crippen LogP contribution is 2.42. The number of pyridine rings is 1. The molecule has 4 rings (SSSR count). The summed E-state index contributed by atoms with van der Waals surface area (Å²) in [5.41, 5.74) is 1.26. The molecule has 0 aromatic carbocycles. The lowest BCUT2D eigenvalue weighted by Crippen LogP contribution is -2.45. The maximum atomic E-state index is 12.5. The van der Waals surface area contributed by atoms with Crippen molar-refractivity contribution in [2.24, 2.45) is 5.41 Å². The van der Waals surface area contributed by atoms with Gasteiger partial charge < -0.3 is 0 Å². The molecule has 2 saturated heterocycles. The van der Waals surface area contributed by atoms with E-state index in [9.17, 15) is 8.42 Å². The molecule has 126 valence electrons. The van der Waals surface area contributed by atoms with E-state index in [0.717, 1.165) is 70.5 Å². The first kappa shape index (κ1) is 15.5. The molecule has 1 aliphatic carbocycles. The third-order valence-corrected chi connectivity index (χ3v) is 7.91. The molecule has 0 amide bonds. The zero-order valence-electron chi connectivity index (χ0n) is 13.5. The monoisotopic (exact) mass is 335 g/mol. The lowest BCUT2D eigenvalue weighted by atomic mass is 9.79. The van der Waals surface area contributed by atoms with Gasteiger partial charge in [0.15, 0.2) is 0 Å². The second kappa shape index (κ2) is 5.83. The van der Waals surface area contributed by atoms with Crippen LogP contribution in [0.25, 0.3) is 0 Å². The molecule has 5 nitrogen and oxygen atoms in total. The number of piperidine rings is 1. The summed E-state index contributed by atoms with van der Waals surface area (Å²) in [4.78, 5) is 6.88. The summed E-state index contributed by atoms with van der Waals surface area (Å²) >= 11 is 0. The van der Waals surface area contributed by atoms with E-state index in [1.54, 1.807) is 4.31 Å². The number of hydrogen-bond donors (Lipinski definition) is 0. The van der Waals surface area contributed by atoms with Gasteiger partial charge in [0.25, 0.3) is 0 Å². The average Bonchev–Trinajstić information content (AvgIpc) is 3.32. The van der Waals surface area contributed by atoms with Crippen molar-refractivity contribution < 1.29 is 8.42 Å². The number of likely N-dealkylation sites (tertiary alicyclic amines) is 1. The van der Waals surface area contributed by atoms with E-state index in [0.29, 0.717) is 0 Å². The minimum Gasteiger partial charge on any atom is -0.297 e. The molecule has 0 N–H and O–H groups in total. The molecule has 1 aromatic heterocycles. The second-order valence-electron chi connectivity index (χ2n) is 7.46. The van der Waals surface area contributed by atoms with Crippen LogP contribution in [0.15, 0.2) is 24.4 Å². The normalized spacial score (nSPS) is 30.1. The zero-order chi connectivity index (χ0) is 15.9. The molecule has 0 bridgehead atoms. The number of rotatable bonds is 4. The van der Waals surface area contributed by atoms with Gasteiger partial charge >= 0.3 is 0 Å². The van der Waals surface area contributed by atoms with E-state index in [1.807, 2.05) is 18.3 Å². The summed E-state index contributed by atoms with van der Waals surface area (Å²) in [5.74, 6) is 0. The fraction of sp³-hybridized carbons (Fsp3) is 0.706. The Hall–Kier alpha value is -0.980. The lowest BCUT2D eigenvalue weighted by molar-refractivity contribution is 0.0925. The predicted molar refractivity (Wildman–Crippen MR) is 89.3 cm³/mol. The first-order valence-corrected chi connectivity index (χ1v) is 10.2. The van der Waals surface area contributed by atoms with Gasteiger partial charge in [-0.05, 0) is 56.2 Å². The number of nitrogens with zero attached hydrogens (tertiary/aromatic N) is 3. The Labute approximate surface area is 138 Å². The molecule has 2 aliphatic heterocycles. The highest BCUT2D eigenvalue weighted by molar-refractivity contribution is 7.90. The quantitative estimate of drug-likeness (QED) is 0.843. The first-order valence-electron chi connectivity index (χ1n) is 8.69. The largest absolute Gasteiger partial charge is 0.297 e. The Balaban J connectivity index is 1.43. The summed E-state index contributed by atoms with van der Waals surface area (Å²) in [6.07, 6.45) is 6.88. The molecule has 6 heteroatoms. The lowest BCUT2D eigenvalue weighted by Gasteiger charge is -2.40. The summed E-state index contributed by atoms with van der Waals surface area (Å²) in [6, 6.07) is 6.04. The molecule has 0 radical (unpaired) electrons. The maximum Gasteiger partial charge on any atom is 0.217 e. The van der Waals surface area contributed by atoms with Crippen LogP contribution in [0.3, 0.4) is 0 Å². The van der Waals surface area contributed by atoms with E-state index in [-0.39, 0.29) is 10.7 Å². The van der Waals surface area contributed by atoms with E-state index in [1.165, 1.54) is 0 Å². The van der Waals surface area contributed by atoms with Crippen LogP contribution in [-0.4, -0.2) is 54.0 Å². The van der Waals surface area contributed by atoms with E-state index < -0.39 is 10.0 Å². The van der Waals surface area contributed by atoms with Gasteiger partial charge in [0.2, 0.25) is 10.0 Å². The van der Waals surface area contributed by atoms with Crippen LogP contribution < -0.4 is 0 Å². The molecule has 0 unspecified atom stereocenters. The van der Waals surface area contributed by atoms with Crippen molar-refractivity contribution in [3.63, 3.8) is 0 Å². The van der Waals surface area contributed by atoms with Crippen molar-refractivity contribution in [2.75, 3.05) is 26.2 Å². The van der Waals surface area contributed by atoms with Crippen LogP contribution >= 0.6 is 0 Å². The van der Waals surface area contributed by atoms with Crippen molar-refractivity contribution in [2.45, 2.75) is 43.9 Å². The van der Waals surface area contributed by atoms with Crippen LogP contribution in [-0.2, 0) is 16.6 Å². The highest BCUT2D eigenvalue weighted by Gasteiger charge is 2.48. The smallest absolute Gasteiger partial charge is 0.217 e. The summed E-state index contributed by atoms with van der Waals surface area (Å²) in [5, 5.41) is -0.0779. The van der Waals surface area contributed by atoms with Crippen molar-refractivity contribution >= 4 is 10.0 Å². The molecule has 23 heavy (non-hydrogen) atoms. The average molecular weight is 335 g/mol. The van der Waals surface area contributed by atoms with Crippen LogP contribution in [0.2, 0.25) is 0 Å².